The summed E-state index contributed by atoms with van der Waals surface area (Å²) in [5, 5.41) is 33.1. The number of primary amides is 1. The van der Waals surface area contributed by atoms with Gasteiger partial charge in [-0.25, -0.2) is 4.79 Å². The van der Waals surface area contributed by atoms with Crippen molar-refractivity contribution in [3.8, 4) is 0 Å². The van der Waals surface area contributed by atoms with Crippen molar-refractivity contribution in [2.24, 2.45) is 35.3 Å². The summed E-state index contributed by atoms with van der Waals surface area (Å²) in [7, 11) is 0. The molecule has 3 rings (SSSR count). The molecule has 53 heavy (non-hydrogen) atoms. The van der Waals surface area contributed by atoms with E-state index in [4.69, 9.17) is 29.4 Å². The lowest BCUT2D eigenvalue weighted by molar-refractivity contribution is -0.254. The molecule has 12 heteroatoms. The van der Waals surface area contributed by atoms with Gasteiger partial charge in [0.2, 0.25) is 0 Å². The Labute approximate surface area is 316 Å². The van der Waals surface area contributed by atoms with Gasteiger partial charge >= 0.3 is 12.1 Å². The highest BCUT2D eigenvalue weighted by atomic mass is 16.7. The number of amides is 1. The van der Waals surface area contributed by atoms with Crippen LogP contribution in [0.5, 0.6) is 0 Å². The molecule has 0 aromatic carbocycles. The number of hydrogen-bond donors (Lipinski definition) is 4. The zero-order chi connectivity index (χ0) is 39.6. The first kappa shape index (κ1) is 44.8. The van der Waals surface area contributed by atoms with Crippen molar-refractivity contribution in [3.05, 3.63) is 35.5 Å². The number of Topliss-reactive ketones (excluding diaryl/α,β-unsaturated/α-hetero) is 1. The van der Waals surface area contributed by atoms with Gasteiger partial charge in [-0.15, -0.1) is 0 Å². The molecule has 1 amide bonds. The van der Waals surface area contributed by atoms with E-state index in [9.17, 15) is 29.7 Å². The summed E-state index contributed by atoms with van der Waals surface area (Å²) < 4.78 is 30.0. The molecule has 1 fully saturated rings. The fourth-order valence-electron chi connectivity index (χ4n) is 8.07. The second-order valence-electron chi connectivity index (χ2n) is 16.1. The summed E-state index contributed by atoms with van der Waals surface area (Å²) >= 11 is 0. The minimum Gasteiger partial charge on any atom is -0.462 e. The third-order valence-corrected chi connectivity index (χ3v) is 11.2. The van der Waals surface area contributed by atoms with Gasteiger partial charge in [0.05, 0.1) is 24.7 Å². The molecule has 0 aromatic rings. The number of ketones is 1. The number of nitrogens with two attached hydrogens (primary N) is 1. The van der Waals surface area contributed by atoms with Gasteiger partial charge in [-0.3, -0.25) is 9.59 Å². The van der Waals surface area contributed by atoms with Crippen molar-refractivity contribution in [2.75, 3.05) is 0 Å². The van der Waals surface area contributed by atoms with E-state index >= 15 is 0 Å². The number of allylic oxidation sites excluding steroid dienone is 2. The summed E-state index contributed by atoms with van der Waals surface area (Å²) in [6.07, 6.45) is 5.26. The van der Waals surface area contributed by atoms with Crippen LogP contribution in [0.2, 0.25) is 0 Å². The molecule has 3 aliphatic rings. The summed E-state index contributed by atoms with van der Waals surface area (Å²) in [6, 6.07) is 0. The van der Waals surface area contributed by atoms with Crippen LogP contribution in [-0.2, 0) is 33.3 Å². The smallest absolute Gasteiger partial charge is 0.404 e. The SMILES string of the molecule is CCC(=O)[C@@H](C)[C@@H](O)[C@H](C)CC(C)[C@H]1OC(=O)C[C@@]2(O)CC=C(C)[C@H](O2)/C(C)=C\CCC[C@@H](O[C@@H]2C[C@@H](OC(N)=O)[C@H](O)[C@@H](C)O2)/C=C\[C@H](C)C[C@H]1C. The second kappa shape index (κ2) is 20.3. The van der Waals surface area contributed by atoms with Crippen LogP contribution in [0.25, 0.3) is 0 Å². The van der Waals surface area contributed by atoms with E-state index in [1.807, 2.05) is 46.8 Å². The van der Waals surface area contributed by atoms with Crippen molar-refractivity contribution in [3.63, 3.8) is 0 Å². The molecular formula is C41H67NO11. The normalized spacial score (nSPS) is 37.6. The fraction of sp³-hybridized carbons (Fsp3) is 0.780. The van der Waals surface area contributed by atoms with Gasteiger partial charge in [0.15, 0.2) is 12.1 Å². The maximum atomic E-state index is 13.6. The van der Waals surface area contributed by atoms with Gasteiger partial charge in [0, 0.05) is 25.2 Å². The maximum Gasteiger partial charge on any atom is 0.404 e. The van der Waals surface area contributed by atoms with Gasteiger partial charge < -0.3 is 44.7 Å². The first-order valence-electron chi connectivity index (χ1n) is 19.6. The molecule has 1 unspecified atom stereocenters. The van der Waals surface area contributed by atoms with E-state index in [1.165, 1.54) is 0 Å². The summed E-state index contributed by atoms with van der Waals surface area (Å²) in [4.78, 5) is 37.5. The van der Waals surface area contributed by atoms with Crippen molar-refractivity contribution in [1.82, 2.24) is 0 Å². The minimum atomic E-state index is -1.73. The summed E-state index contributed by atoms with van der Waals surface area (Å²) in [5.74, 6) is -3.23. The number of carbonyl (C=O) groups is 3. The van der Waals surface area contributed by atoms with Crippen LogP contribution >= 0.6 is 0 Å². The average molecular weight is 750 g/mol. The number of cyclic esters (lactones) is 1. The van der Waals surface area contributed by atoms with Crippen LogP contribution in [0.15, 0.2) is 35.5 Å². The second-order valence-corrected chi connectivity index (χ2v) is 16.1. The highest BCUT2D eigenvalue weighted by Crippen LogP contribution is 2.35. The number of esters is 1. The predicted molar refractivity (Wildman–Crippen MR) is 200 cm³/mol. The van der Waals surface area contributed by atoms with Crippen molar-refractivity contribution >= 4 is 17.8 Å². The molecule has 1 saturated heterocycles. The molecule has 302 valence electrons. The van der Waals surface area contributed by atoms with Crippen LogP contribution in [0.4, 0.5) is 4.79 Å². The zero-order valence-corrected chi connectivity index (χ0v) is 33.4. The lowest BCUT2D eigenvalue weighted by atomic mass is 9.79. The first-order chi connectivity index (χ1) is 24.8. The third kappa shape index (κ3) is 13.3. The number of ether oxygens (including phenoxy) is 5. The van der Waals surface area contributed by atoms with Crippen LogP contribution < -0.4 is 5.73 Å². The topological polar surface area (TPSA) is 184 Å². The fourth-order valence-corrected chi connectivity index (χ4v) is 8.07. The van der Waals surface area contributed by atoms with Gasteiger partial charge in [0.1, 0.15) is 30.2 Å². The molecule has 0 radical (unpaired) electrons. The van der Waals surface area contributed by atoms with Gasteiger partial charge in [-0.1, -0.05) is 65.8 Å². The first-order valence-corrected chi connectivity index (χ1v) is 19.6. The number of rotatable bonds is 10. The molecule has 12 nitrogen and oxygen atoms in total. The molecule has 14 atom stereocenters. The van der Waals surface area contributed by atoms with Crippen molar-refractivity contribution in [1.29, 1.82) is 0 Å². The minimum absolute atomic E-state index is 0.00488. The Morgan fingerprint density at radius 3 is 2.42 bits per heavy atom. The molecule has 3 aliphatic heterocycles. The molecule has 0 spiro atoms. The molecular weight excluding hydrogens is 682 g/mol. The Morgan fingerprint density at radius 1 is 1.08 bits per heavy atom. The quantitative estimate of drug-likeness (QED) is 0.151. The summed E-state index contributed by atoms with van der Waals surface area (Å²) in [5.41, 5.74) is 7.13. The van der Waals surface area contributed by atoms with Crippen LogP contribution in [0, 0.1) is 29.6 Å². The van der Waals surface area contributed by atoms with Crippen LogP contribution in [0.3, 0.4) is 0 Å². The highest BCUT2D eigenvalue weighted by Gasteiger charge is 2.41. The third-order valence-electron chi connectivity index (χ3n) is 11.2. The lowest BCUT2D eigenvalue weighted by Crippen LogP contribution is -2.50. The highest BCUT2D eigenvalue weighted by molar-refractivity contribution is 5.80. The number of aliphatic hydroxyl groups is 3. The van der Waals surface area contributed by atoms with E-state index in [0.717, 1.165) is 17.6 Å². The van der Waals surface area contributed by atoms with E-state index < -0.39 is 66.7 Å². The van der Waals surface area contributed by atoms with Crippen LogP contribution in [0.1, 0.15) is 120 Å². The Hall–Kier alpha value is -2.61. The Balaban J connectivity index is 1.90. The number of fused-ring (bicyclic) bond motifs is 2. The van der Waals surface area contributed by atoms with E-state index in [-0.39, 0.29) is 54.8 Å². The summed E-state index contributed by atoms with van der Waals surface area (Å²) in [6.45, 7) is 17.2. The molecule has 0 aliphatic carbocycles. The molecule has 3 heterocycles. The molecule has 2 bridgehead atoms. The largest absolute Gasteiger partial charge is 0.462 e. The standard InChI is InChI=1S/C41H67NO11/c1-10-32(43)29(8)36(45)26(5)20-28(7)38-27(6)19-23(2)15-16-31(50-35-21-33(51-40(42)47)37(46)30(9)49-35)14-12-11-13-24(3)39-25(4)17-18-41(48,53-39)22-34(44)52-38/h13,15-17,23,26-31,33,35-39,45-46,48H,10-12,14,18-22H2,1-9H3,(H2,42,47)/b16-15-,24-13-/t23-,26+,27+,28?,29+,30+,31+,33+,35+,36-,37+,38-,39+,41+/m0/s1. The maximum absolute atomic E-state index is 13.6. The molecule has 0 saturated carbocycles. The Bertz CT molecular complexity index is 1310. The number of carbonyl (C=O) groups excluding carboxylic acids is 3. The molecule has 5 N–H and O–H groups in total. The van der Waals surface area contributed by atoms with E-state index in [2.05, 4.69) is 19.1 Å². The average Bonchev–Trinajstić information content (AvgIpc) is 3.09. The van der Waals surface area contributed by atoms with Crippen LogP contribution in [-0.4, -0.2) is 88.0 Å². The predicted octanol–water partition coefficient (Wildman–Crippen LogP) is 6.04. The van der Waals surface area contributed by atoms with Crippen molar-refractivity contribution in [2.45, 2.75) is 175 Å². The van der Waals surface area contributed by atoms with Gasteiger partial charge in [-0.2, -0.15) is 0 Å². The van der Waals surface area contributed by atoms with Gasteiger partial charge in [-0.05, 0) is 87.7 Å². The van der Waals surface area contributed by atoms with E-state index in [0.29, 0.717) is 32.1 Å². The Kier molecular flexibility index (Phi) is 17.2. The number of aliphatic hydroxyl groups excluding tert-OH is 2. The Morgan fingerprint density at radius 2 is 1.75 bits per heavy atom. The monoisotopic (exact) mass is 749 g/mol. The number of hydrogen-bond acceptors (Lipinski definition) is 11. The van der Waals surface area contributed by atoms with Gasteiger partial charge in [0.25, 0.3) is 0 Å². The van der Waals surface area contributed by atoms with E-state index in [1.54, 1.807) is 20.8 Å². The van der Waals surface area contributed by atoms with Crippen molar-refractivity contribution < 1.29 is 53.4 Å². The lowest BCUT2D eigenvalue weighted by Gasteiger charge is -2.38. The molecule has 0 aromatic heterocycles. The zero-order valence-electron chi connectivity index (χ0n) is 33.4.